The lowest BCUT2D eigenvalue weighted by Gasteiger charge is -2.26. The van der Waals surface area contributed by atoms with Crippen LogP contribution in [0.1, 0.15) is 27.1 Å². The van der Waals surface area contributed by atoms with E-state index in [-0.39, 0.29) is 12.2 Å². The number of rotatable bonds is 1. The molecule has 1 aromatic carbocycles. The van der Waals surface area contributed by atoms with Crippen LogP contribution >= 0.6 is 0 Å². The van der Waals surface area contributed by atoms with Crippen molar-refractivity contribution in [3.05, 3.63) is 35.4 Å². The van der Waals surface area contributed by atoms with Gasteiger partial charge in [-0.1, -0.05) is 12.1 Å². The van der Waals surface area contributed by atoms with Gasteiger partial charge in [-0.05, 0) is 18.6 Å². The van der Waals surface area contributed by atoms with E-state index in [0.29, 0.717) is 11.1 Å². The van der Waals surface area contributed by atoms with Crippen molar-refractivity contribution in [2.75, 3.05) is 12.0 Å². The van der Waals surface area contributed by atoms with Gasteiger partial charge in [0.25, 0.3) is 17.7 Å². The van der Waals surface area contributed by atoms with E-state index in [1.165, 1.54) is 6.26 Å². The van der Waals surface area contributed by atoms with Gasteiger partial charge >= 0.3 is 0 Å². The van der Waals surface area contributed by atoms with Crippen LogP contribution in [-0.2, 0) is 14.5 Å². The maximum absolute atomic E-state index is 12.3. The summed E-state index contributed by atoms with van der Waals surface area (Å²) >= 11 is 0. The summed E-state index contributed by atoms with van der Waals surface area (Å²) in [5, 5.41) is 0. The first kappa shape index (κ1) is 13.0. The van der Waals surface area contributed by atoms with Crippen LogP contribution in [0, 0.1) is 0 Å². The van der Waals surface area contributed by atoms with Gasteiger partial charge in [0.15, 0.2) is 0 Å². The second kappa shape index (κ2) is 4.24. The van der Waals surface area contributed by atoms with E-state index >= 15 is 0 Å². The number of carbonyl (C=O) groups excluding carboxylic acids is 3. The highest BCUT2D eigenvalue weighted by atomic mass is 32.2. The first-order chi connectivity index (χ1) is 9.41. The highest BCUT2D eigenvalue weighted by molar-refractivity contribution is 7.93. The molecule has 0 saturated carbocycles. The minimum absolute atomic E-state index is 0.198. The Morgan fingerprint density at radius 3 is 2.20 bits per heavy atom. The summed E-state index contributed by atoms with van der Waals surface area (Å²) in [5.41, 5.74) is 0.598. The smallest absolute Gasteiger partial charge is 0.270 e. The Bertz CT molecular complexity index is 726. The fraction of sp³-hybridized carbons (Fsp3) is 0.308. The zero-order chi connectivity index (χ0) is 14.5. The van der Waals surface area contributed by atoms with E-state index in [1.54, 1.807) is 24.3 Å². The van der Waals surface area contributed by atoms with Crippen LogP contribution in [0.3, 0.4) is 0 Å². The van der Waals surface area contributed by atoms with Gasteiger partial charge in [-0.25, -0.2) is 4.21 Å². The topological polar surface area (TPSA) is 83.9 Å². The predicted octanol–water partition coefficient (Wildman–Crippen LogP) is 0.679. The number of hydrogen-bond acceptors (Lipinski definition) is 4. The van der Waals surface area contributed by atoms with Crippen molar-refractivity contribution < 1.29 is 18.6 Å². The lowest BCUT2D eigenvalue weighted by Crippen LogP contribution is -2.47. The molecule has 2 atom stereocenters. The number of benzene rings is 1. The molecule has 104 valence electrons. The van der Waals surface area contributed by atoms with E-state index in [0.717, 1.165) is 4.90 Å². The highest BCUT2D eigenvalue weighted by Crippen LogP contribution is 2.27. The van der Waals surface area contributed by atoms with Gasteiger partial charge in [0, 0.05) is 12.0 Å². The standard InChI is InChI=1S/C13H12N2O4S/c1-20(19)7-6-10(11(16)14-20)15-12(17)8-4-2-3-5-9(8)13(15)18/h2-5,10H,6-7H2,1H3/t10-,20+/m1/s1. The van der Waals surface area contributed by atoms with Gasteiger partial charge < -0.3 is 0 Å². The molecular formula is C13H12N2O4S. The molecule has 0 aromatic heterocycles. The van der Waals surface area contributed by atoms with Crippen LogP contribution < -0.4 is 0 Å². The van der Waals surface area contributed by atoms with Gasteiger partial charge in [-0.15, -0.1) is 0 Å². The zero-order valence-corrected chi connectivity index (χ0v) is 11.6. The first-order valence-electron chi connectivity index (χ1n) is 6.11. The average molecular weight is 292 g/mol. The summed E-state index contributed by atoms with van der Waals surface area (Å²) in [7, 11) is -2.52. The van der Waals surface area contributed by atoms with Gasteiger partial charge in [0.1, 0.15) is 6.04 Å². The maximum Gasteiger partial charge on any atom is 0.277 e. The Morgan fingerprint density at radius 1 is 1.15 bits per heavy atom. The highest BCUT2D eigenvalue weighted by Gasteiger charge is 2.44. The van der Waals surface area contributed by atoms with E-state index < -0.39 is 33.5 Å². The van der Waals surface area contributed by atoms with Gasteiger partial charge in [0.05, 0.1) is 20.9 Å². The van der Waals surface area contributed by atoms with Crippen molar-refractivity contribution in [2.24, 2.45) is 4.36 Å². The monoisotopic (exact) mass is 292 g/mol. The molecule has 20 heavy (non-hydrogen) atoms. The molecule has 7 heteroatoms. The number of hydrogen-bond donors (Lipinski definition) is 0. The van der Waals surface area contributed by atoms with Gasteiger partial charge in [-0.2, -0.15) is 4.36 Å². The van der Waals surface area contributed by atoms with Crippen LogP contribution in [0.5, 0.6) is 0 Å². The van der Waals surface area contributed by atoms with Crippen LogP contribution in [0.25, 0.3) is 0 Å². The van der Waals surface area contributed by atoms with Crippen molar-refractivity contribution in [2.45, 2.75) is 12.5 Å². The van der Waals surface area contributed by atoms with Crippen LogP contribution in [0.2, 0.25) is 0 Å². The molecule has 0 aliphatic carbocycles. The Morgan fingerprint density at radius 2 is 1.70 bits per heavy atom. The molecule has 0 spiro atoms. The zero-order valence-electron chi connectivity index (χ0n) is 10.7. The molecule has 0 unspecified atom stereocenters. The van der Waals surface area contributed by atoms with Crippen molar-refractivity contribution in [3.8, 4) is 0 Å². The van der Waals surface area contributed by atoms with Crippen molar-refractivity contribution in [1.29, 1.82) is 0 Å². The summed E-state index contributed by atoms with van der Waals surface area (Å²) in [6.45, 7) is 0. The molecule has 2 heterocycles. The molecule has 6 nitrogen and oxygen atoms in total. The SMILES string of the molecule is C[S@@]1(=O)=NC(=O)[C@H](N2C(=O)c3ccccc3C2=O)CC1. The summed E-state index contributed by atoms with van der Waals surface area (Å²) < 4.78 is 15.4. The Balaban J connectivity index is 2.01. The van der Waals surface area contributed by atoms with Crippen molar-refractivity contribution >= 4 is 27.5 Å². The van der Waals surface area contributed by atoms with Crippen LogP contribution in [0.4, 0.5) is 0 Å². The van der Waals surface area contributed by atoms with Gasteiger partial charge in [0.2, 0.25) is 0 Å². The van der Waals surface area contributed by atoms with Crippen molar-refractivity contribution in [3.63, 3.8) is 0 Å². The second-order valence-corrected chi connectivity index (χ2v) is 7.43. The van der Waals surface area contributed by atoms with Gasteiger partial charge in [-0.3, -0.25) is 19.3 Å². The summed E-state index contributed by atoms with van der Waals surface area (Å²) in [4.78, 5) is 37.4. The van der Waals surface area contributed by atoms with Crippen LogP contribution in [0.15, 0.2) is 28.6 Å². The number of fused-ring (bicyclic) bond motifs is 1. The number of amides is 3. The molecular weight excluding hydrogens is 280 g/mol. The summed E-state index contributed by atoms with van der Waals surface area (Å²) in [5.74, 6) is -1.41. The molecule has 1 aromatic rings. The van der Waals surface area contributed by atoms with E-state index in [4.69, 9.17) is 0 Å². The van der Waals surface area contributed by atoms with E-state index in [1.807, 2.05) is 0 Å². The third-order valence-electron chi connectivity index (χ3n) is 3.48. The second-order valence-electron chi connectivity index (χ2n) is 4.92. The molecule has 3 rings (SSSR count). The molecule has 3 amide bonds. The van der Waals surface area contributed by atoms with E-state index in [2.05, 4.69) is 4.36 Å². The Hall–Kier alpha value is -2.02. The molecule has 0 N–H and O–H groups in total. The predicted molar refractivity (Wildman–Crippen MR) is 71.7 cm³/mol. The van der Waals surface area contributed by atoms with Crippen molar-refractivity contribution in [1.82, 2.24) is 4.90 Å². The normalized spacial score (nSPS) is 29.4. The minimum Gasteiger partial charge on any atom is -0.270 e. The molecule has 0 saturated heterocycles. The fourth-order valence-electron chi connectivity index (χ4n) is 2.48. The lowest BCUT2D eigenvalue weighted by atomic mass is 10.1. The lowest BCUT2D eigenvalue weighted by molar-refractivity contribution is -0.121. The maximum atomic E-state index is 12.3. The van der Waals surface area contributed by atoms with E-state index in [9.17, 15) is 18.6 Å². The fourth-order valence-corrected chi connectivity index (χ4v) is 3.74. The Kier molecular flexibility index (Phi) is 2.75. The third kappa shape index (κ3) is 1.85. The van der Waals surface area contributed by atoms with Crippen LogP contribution in [-0.4, -0.2) is 44.9 Å². The first-order valence-corrected chi connectivity index (χ1v) is 8.20. The quantitative estimate of drug-likeness (QED) is 0.712. The molecule has 2 aliphatic heterocycles. The Labute approximate surface area is 115 Å². The molecule has 0 bridgehead atoms. The third-order valence-corrected chi connectivity index (χ3v) is 5.03. The minimum atomic E-state index is -2.52. The number of imide groups is 1. The summed E-state index contributed by atoms with van der Waals surface area (Å²) in [6.07, 6.45) is 1.60. The molecule has 2 aliphatic rings. The number of carbonyl (C=O) groups is 3. The largest absolute Gasteiger partial charge is 0.277 e. The average Bonchev–Trinajstić information content (AvgIpc) is 2.63. The molecule has 0 fully saturated rings. The number of nitrogens with zero attached hydrogens (tertiary/aromatic N) is 2. The summed E-state index contributed by atoms with van der Waals surface area (Å²) in [6, 6.07) is 5.52. The molecule has 0 radical (unpaired) electrons.